The molecule has 0 aliphatic carbocycles. The van der Waals surface area contributed by atoms with Crippen molar-refractivity contribution in [3.05, 3.63) is 29.3 Å². The summed E-state index contributed by atoms with van der Waals surface area (Å²) >= 11 is 0. The molecule has 4 N–H and O–H groups in total. The lowest BCUT2D eigenvalue weighted by Crippen LogP contribution is -2.26. The van der Waals surface area contributed by atoms with Crippen LogP contribution in [0, 0.1) is 12.8 Å². The van der Waals surface area contributed by atoms with E-state index in [4.69, 9.17) is 16.2 Å². The lowest BCUT2D eigenvalue weighted by molar-refractivity contribution is -0.122. The van der Waals surface area contributed by atoms with E-state index in [0.29, 0.717) is 0 Å². The lowest BCUT2D eigenvalue weighted by Gasteiger charge is -2.16. The Hall–Kier alpha value is -1.55. The fraction of sp³-hybridized carbons (Fsp3) is 0.462. The fourth-order valence-electron chi connectivity index (χ4n) is 1.45. The first-order valence-electron chi connectivity index (χ1n) is 5.70. The summed E-state index contributed by atoms with van der Waals surface area (Å²) in [5, 5.41) is 0. The molecule has 0 saturated heterocycles. The molecular formula is C13H20N2O2. The Morgan fingerprint density at radius 1 is 1.41 bits per heavy atom. The molecule has 0 spiro atoms. The van der Waals surface area contributed by atoms with Crippen LogP contribution < -0.4 is 16.2 Å². The van der Waals surface area contributed by atoms with Gasteiger partial charge in [-0.3, -0.25) is 4.79 Å². The summed E-state index contributed by atoms with van der Waals surface area (Å²) in [6.07, 6.45) is 0. The largest absolute Gasteiger partial charge is 0.492 e. The van der Waals surface area contributed by atoms with Gasteiger partial charge in [0.25, 0.3) is 0 Å². The van der Waals surface area contributed by atoms with Crippen LogP contribution in [0.2, 0.25) is 0 Å². The van der Waals surface area contributed by atoms with Crippen LogP contribution >= 0.6 is 0 Å². The van der Waals surface area contributed by atoms with Crippen LogP contribution in [0.5, 0.6) is 5.75 Å². The number of rotatable bonds is 5. The van der Waals surface area contributed by atoms with Gasteiger partial charge in [0.15, 0.2) is 0 Å². The van der Waals surface area contributed by atoms with E-state index in [1.807, 2.05) is 32.0 Å². The van der Waals surface area contributed by atoms with E-state index in [1.54, 1.807) is 6.92 Å². The van der Waals surface area contributed by atoms with Crippen molar-refractivity contribution >= 4 is 5.91 Å². The number of ether oxygens (including phenoxy) is 1. The highest BCUT2D eigenvalue weighted by Gasteiger charge is 2.12. The zero-order chi connectivity index (χ0) is 13.0. The van der Waals surface area contributed by atoms with Crippen LogP contribution in [-0.2, 0) is 4.79 Å². The summed E-state index contributed by atoms with van der Waals surface area (Å²) in [6.45, 7) is 5.92. The van der Waals surface area contributed by atoms with Crippen LogP contribution in [0.1, 0.15) is 31.0 Å². The summed E-state index contributed by atoms with van der Waals surface area (Å²) in [6, 6.07) is 5.72. The highest BCUT2D eigenvalue weighted by molar-refractivity contribution is 5.76. The predicted octanol–water partition coefficient (Wildman–Crippen LogP) is 1.51. The number of amides is 1. The predicted molar refractivity (Wildman–Crippen MR) is 67.6 cm³/mol. The molecule has 1 aromatic carbocycles. The Balaban J connectivity index is 2.80. The normalized spacial score (nSPS) is 14.1. The maximum Gasteiger partial charge on any atom is 0.223 e. The molecule has 0 saturated carbocycles. The van der Waals surface area contributed by atoms with E-state index in [1.165, 1.54) is 0 Å². The van der Waals surface area contributed by atoms with Crippen molar-refractivity contribution in [2.45, 2.75) is 26.8 Å². The molecule has 1 rings (SSSR count). The van der Waals surface area contributed by atoms with Crippen LogP contribution in [0.3, 0.4) is 0 Å². The molecule has 94 valence electrons. The highest BCUT2D eigenvalue weighted by atomic mass is 16.5. The van der Waals surface area contributed by atoms with E-state index < -0.39 is 0 Å². The van der Waals surface area contributed by atoms with Gasteiger partial charge in [0.2, 0.25) is 5.91 Å². The molecule has 0 aliphatic rings. The van der Waals surface area contributed by atoms with Crippen LogP contribution in [0.4, 0.5) is 0 Å². The minimum atomic E-state index is -0.362. The van der Waals surface area contributed by atoms with E-state index in [2.05, 4.69) is 0 Å². The van der Waals surface area contributed by atoms with Gasteiger partial charge in [-0.1, -0.05) is 24.6 Å². The summed E-state index contributed by atoms with van der Waals surface area (Å²) in [5.74, 6) is 0.0513. The smallest absolute Gasteiger partial charge is 0.223 e. The Labute approximate surface area is 102 Å². The van der Waals surface area contributed by atoms with E-state index in [0.717, 1.165) is 16.9 Å². The van der Waals surface area contributed by atoms with Crippen molar-refractivity contribution in [3.63, 3.8) is 0 Å². The summed E-state index contributed by atoms with van der Waals surface area (Å²) < 4.78 is 5.60. The number of hydrogen-bond acceptors (Lipinski definition) is 3. The fourth-order valence-corrected chi connectivity index (χ4v) is 1.45. The van der Waals surface area contributed by atoms with E-state index in [9.17, 15) is 4.79 Å². The monoisotopic (exact) mass is 236 g/mol. The Morgan fingerprint density at radius 3 is 2.59 bits per heavy atom. The average Bonchev–Trinajstić information content (AvgIpc) is 2.26. The van der Waals surface area contributed by atoms with E-state index >= 15 is 0 Å². The molecule has 0 radical (unpaired) electrons. The molecule has 1 amide bonds. The molecule has 2 atom stereocenters. The van der Waals surface area contributed by atoms with Gasteiger partial charge < -0.3 is 16.2 Å². The third-order valence-electron chi connectivity index (χ3n) is 2.63. The van der Waals surface area contributed by atoms with Crippen molar-refractivity contribution < 1.29 is 9.53 Å². The summed E-state index contributed by atoms with van der Waals surface area (Å²) in [7, 11) is 0. The lowest BCUT2D eigenvalue weighted by atomic mass is 10.1. The van der Waals surface area contributed by atoms with Crippen LogP contribution in [-0.4, -0.2) is 12.5 Å². The molecule has 4 nitrogen and oxygen atoms in total. The van der Waals surface area contributed by atoms with E-state index in [-0.39, 0.29) is 24.5 Å². The Morgan fingerprint density at radius 2 is 2.06 bits per heavy atom. The number of primary amides is 1. The van der Waals surface area contributed by atoms with Gasteiger partial charge in [-0.2, -0.15) is 0 Å². The number of carbonyl (C=O) groups is 1. The second-order valence-corrected chi connectivity index (χ2v) is 4.44. The van der Waals surface area contributed by atoms with Crippen molar-refractivity contribution in [1.29, 1.82) is 0 Å². The quantitative estimate of drug-likeness (QED) is 0.813. The van der Waals surface area contributed by atoms with Crippen molar-refractivity contribution in [2.75, 3.05) is 6.61 Å². The van der Waals surface area contributed by atoms with Gasteiger partial charge in [0.05, 0.1) is 12.5 Å². The molecule has 1 unspecified atom stereocenters. The van der Waals surface area contributed by atoms with Gasteiger partial charge in [0.1, 0.15) is 5.75 Å². The summed E-state index contributed by atoms with van der Waals surface area (Å²) in [5.41, 5.74) is 13.1. The Bertz CT molecular complexity index is 402. The van der Waals surface area contributed by atoms with Crippen LogP contribution in [0.15, 0.2) is 18.2 Å². The molecule has 4 heteroatoms. The van der Waals surface area contributed by atoms with Gasteiger partial charge in [0, 0.05) is 11.6 Å². The number of nitrogens with two attached hydrogens (primary N) is 2. The maximum absolute atomic E-state index is 10.9. The van der Waals surface area contributed by atoms with Crippen molar-refractivity contribution in [1.82, 2.24) is 0 Å². The molecule has 0 fully saturated rings. The maximum atomic E-state index is 10.9. The zero-order valence-electron chi connectivity index (χ0n) is 10.6. The highest BCUT2D eigenvalue weighted by Crippen LogP contribution is 2.25. The number of carbonyl (C=O) groups excluding carboxylic acids is 1. The number of benzene rings is 1. The number of aryl methyl sites for hydroxylation is 1. The first-order valence-corrected chi connectivity index (χ1v) is 5.70. The third kappa shape index (κ3) is 3.75. The first kappa shape index (κ1) is 13.5. The first-order chi connectivity index (χ1) is 7.91. The van der Waals surface area contributed by atoms with Crippen LogP contribution in [0.25, 0.3) is 0 Å². The standard InChI is InChI=1S/C13H20N2O2/c1-8-4-5-12(11(6-8)10(3)14)17-7-9(2)13(15)16/h4-6,9-10H,7,14H2,1-3H3,(H2,15,16)/t9?,10-/m0/s1. The minimum absolute atomic E-state index is 0.103. The number of hydrogen-bond donors (Lipinski definition) is 2. The molecule has 0 bridgehead atoms. The van der Waals surface area contributed by atoms with Crippen molar-refractivity contribution in [2.24, 2.45) is 17.4 Å². The topological polar surface area (TPSA) is 78.3 Å². The second-order valence-electron chi connectivity index (χ2n) is 4.44. The SMILES string of the molecule is Cc1ccc(OCC(C)C(N)=O)c([C@H](C)N)c1. The average molecular weight is 236 g/mol. The van der Waals surface area contributed by atoms with Crippen molar-refractivity contribution in [3.8, 4) is 5.75 Å². The molecular weight excluding hydrogens is 216 g/mol. The Kier molecular flexibility index (Phi) is 4.52. The van der Waals surface area contributed by atoms with Gasteiger partial charge in [-0.25, -0.2) is 0 Å². The van der Waals surface area contributed by atoms with Gasteiger partial charge in [-0.15, -0.1) is 0 Å². The molecule has 17 heavy (non-hydrogen) atoms. The van der Waals surface area contributed by atoms with Gasteiger partial charge >= 0.3 is 0 Å². The zero-order valence-corrected chi connectivity index (χ0v) is 10.6. The minimum Gasteiger partial charge on any atom is -0.492 e. The second kappa shape index (κ2) is 5.68. The molecule has 1 aromatic rings. The van der Waals surface area contributed by atoms with Gasteiger partial charge in [-0.05, 0) is 19.9 Å². The molecule has 0 aliphatic heterocycles. The summed E-state index contributed by atoms with van der Waals surface area (Å²) in [4.78, 5) is 10.9. The third-order valence-corrected chi connectivity index (χ3v) is 2.63. The molecule has 0 heterocycles. The molecule has 0 aromatic heterocycles.